The van der Waals surface area contributed by atoms with Crippen LogP contribution in [0.5, 0.6) is 0 Å². The number of halogens is 1. The lowest BCUT2D eigenvalue weighted by atomic mass is 10.1. The summed E-state index contributed by atoms with van der Waals surface area (Å²) in [4.78, 5) is 11.6. The van der Waals surface area contributed by atoms with Crippen molar-refractivity contribution in [1.29, 1.82) is 0 Å². The summed E-state index contributed by atoms with van der Waals surface area (Å²) in [5, 5.41) is 20.7. The summed E-state index contributed by atoms with van der Waals surface area (Å²) in [6, 6.07) is 1.57. The van der Waals surface area contributed by atoms with Crippen LogP contribution in [-0.4, -0.2) is 35.3 Å². The van der Waals surface area contributed by atoms with Gasteiger partial charge in [0.25, 0.3) is 0 Å². The van der Waals surface area contributed by atoms with Crippen LogP contribution in [0, 0.1) is 0 Å². The summed E-state index contributed by atoms with van der Waals surface area (Å²) in [7, 11) is 1.26. The van der Waals surface area contributed by atoms with Gasteiger partial charge in [-0.1, -0.05) is 0 Å². The van der Waals surface area contributed by atoms with Crippen molar-refractivity contribution < 1.29 is 19.7 Å². The van der Waals surface area contributed by atoms with Crippen LogP contribution in [-0.2, 0) is 4.74 Å². The summed E-state index contributed by atoms with van der Waals surface area (Å²) in [6.07, 6.45) is -2.26. The molecule has 1 aromatic heterocycles. The summed E-state index contributed by atoms with van der Waals surface area (Å²) in [5.41, 5.74) is 0.347. The highest BCUT2D eigenvalue weighted by Gasteiger charge is 2.24. The number of aliphatic hydroxyl groups excluding tert-OH is 2. The Morgan fingerprint density at radius 1 is 1.67 bits per heavy atom. The van der Waals surface area contributed by atoms with Gasteiger partial charge in [0.2, 0.25) is 0 Å². The average Bonchev–Trinajstić information content (AvgIpc) is 2.74. The first kappa shape index (κ1) is 12.4. The Morgan fingerprint density at radius 2 is 2.33 bits per heavy atom. The third-order valence-corrected chi connectivity index (χ3v) is 3.13. The van der Waals surface area contributed by atoms with Crippen molar-refractivity contribution >= 4 is 28.9 Å². The first-order valence-electron chi connectivity index (χ1n) is 4.19. The van der Waals surface area contributed by atoms with E-state index in [2.05, 4.69) is 4.74 Å². The molecule has 0 amide bonds. The third-order valence-electron chi connectivity index (χ3n) is 1.91. The number of rotatable bonds is 4. The van der Waals surface area contributed by atoms with Crippen LogP contribution in [0.15, 0.2) is 11.4 Å². The Kier molecular flexibility index (Phi) is 4.53. The highest BCUT2D eigenvalue weighted by atomic mass is 35.5. The largest absolute Gasteiger partial charge is 0.465 e. The number of methoxy groups -OCH3 is 1. The first-order valence-corrected chi connectivity index (χ1v) is 5.61. The molecule has 2 unspecified atom stereocenters. The molecule has 0 aliphatic rings. The fourth-order valence-electron chi connectivity index (χ4n) is 1.10. The van der Waals surface area contributed by atoms with E-state index < -0.39 is 18.2 Å². The summed E-state index contributed by atoms with van der Waals surface area (Å²) in [5.74, 6) is -0.627. The van der Waals surface area contributed by atoms with Gasteiger partial charge < -0.3 is 14.9 Å². The number of ether oxygens (including phenoxy) is 1. The molecule has 1 aromatic rings. The molecule has 0 aliphatic heterocycles. The second kappa shape index (κ2) is 5.46. The van der Waals surface area contributed by atoms with Gasteiger partial charge >= 0.3 is 5.97 Å². The SMILES string of the molecule is COC(=O)c1sccc1C(O)C(O)CCl. The Hall–Kier alpha value is -0.620. The molecule has 0 fully saturated rings. The number of hydrogen-bond acceptors (Lipinski definition) is 5. The van der Waals surface area contributed by atoms with Crippen molar-refractivity contribution in [3.05, 3.63) is 21.9 Å². The van der Waals surface area contributed by atoms with Gasteiger partial charge in [-0.25, -0.2) is 4.79 Å². The number of hydrogen-bond donors (Lipinski definition) is 2. The summed E-state index contributed by atoms with van der Waals surface area (Å²) >= 11 is 6.56. The molecular formula is C9H11ClO4S. The molecule has 15 heavy (non-hydrogen) atoms. The molecule has 1 rings (SSSR count). The van der Waals surface area contributed by atoms with Gasteiger partial charge in [-0.15, -0.1) is 22.9 Å². The second-order valence-electron chi connectivity index (χ2n) is 2.86. The Labute approximate surface area is 96.1 Å². The van der Waals surface area contributed by atoms with Crippen LogP contribution in [0.4, 0.5) is 0 Å². The fraction of sp³-hybridized carbons (Fsp3) is 0.444. The maximum atomic E-state index is 11.3. The van der Waals surface area contributed by atoms with Crippen molar-refractivity contribution in [3.63, 3.8) is 0 Å². The number of carbonyl (C=O) groups is 1. The van der Waals surface area contributed by atoms with E-state index in [4.69, 9.17) is 11.6 Å². The Bertz CT molecular complexity index is 339. The normalized spacial score (nSPS) is 14.7. The lowest BCUT2D eigenvalue weighted by Gasteiger charge is -2.15. The zero-order chi connectivity index (χ0) is 11.4. The van der Waals surface area contributed by atoms with Crippen LogP contribution in [0.25, 0.3) is 0 Å². The molecule has 2 atom stereocenters. The van der Waals surface area contributed by atoms with Gasteiger partial charge in [0.05, 0.1) is 19.1 Å². The molecule has 84 valence electrons. The monoisotopic (exact) mass is 250 g/mol. The van der Waals surface area contributed by atoms with Crippen molar-refractivity contribution in [1.82, 2.24) is 0 Å². The van der Waals surface area contributed by atoms with E-state index in [9.17, 15) is 15.0 Å². The fourth-order valence-corrected chi connectivity index (χ4v) is 2.13. The minimum absolute atomic E-state index is 0.0996. The lowest BCUT2D eigenvalue weighted by Crippen LogP contribution is -2.21. The van der Waals surface area contributed by atoms with E-state index in [1.165, 1.54) is 7.11 Å². The third kappa shape index (κ3) is 2.69. The van der Waals surface area contributed by atoms with Crippen LogP contribution in [0.1, 0.15) is 21.3 Å². The summed E-state index contributed by atoms with van der Waals surface area (Å²) in [6.45, 7) is 0. The maximum Gasteiger partial charge on any atom is 0.348 e. The summed E-state index contributed by atoms with van der Waals surface area (Å²) < 4.78 is 4.54. The van der Waals surface area contributed by atoms with Gasteiger partial charge in [0.15, 0.2) is 0 Å². The standard InChI is InChI=1S/C9H11ClO4S/c1-14-9(13)8-5(2-3-15-8)7(12)6(11)4-10/h2-3,6-7,11-12H,4H2,1H3. The molecule has 0 saturated carbocycles. The smallest absolute Gasteiger partial charge is 0.348 e. The highest BCUT2D eigenvalue weighted by Crippen LogP contribution is 2.26. The molecule has 0 radical (unpaired) electrons. The first-order chi connectivity index (χ1) is 7.11. The van der Waals surface area contributed by atoms with E-state index in [1.807, 2.05) is 0 Å². The Balaban J connectivity index is 2.94. The van der Waals surface area contributed by atoms with Gasteiger partial charge in [-0.05, 0) is 11.4 Å². The van der Waals surface area contributed by atoms with Crippen molar-refractivity contribution in [3.8, 4) is 0 Å². The molecule has 6 heteroatoms. The van der Waals surface area contributed by atoms with Crippen molar-refractivity contribution in [2.24, 2.45) is 0 Å². The molecule has 1 heterocycles. The maximum absolute atomic E-state index is 11.3. The number of aliphatic hydroxyl groups is 2. The molecule has 0 spiro atoms. The second-order valence-corrected chi connectivity index (χ2v) is 4.09. The number of alkyl halides is 1. The molecule has 4 nitrogen and oxygen atoms in total. The van der Waals surface area contributed by atoms with Crippen LogP contribution >= 0.6 is 22.9 Å². The Morgan fingerprint density at radius 3 is 2.87 bits per heavy atom. The van der Waals surface area contributed by atoms with Crippen LogP contribution in [0.3, 0.4) is 0 Å². The highest BCUT2D eigenvalue weighted by molar-refractivity contribution is 7.12. The minimum atomic E-state index is -1.16. The predicted octanol–water partition coefficient (Wildman–Crippen LogP) is 1.17. The van der Waals surface area contributed by atoms with E-state index in [0.29, 0.717) is 5.56 Å². The van der Waals surface area contributed by atoms with E-state index >= 15 is 0 Å². The van der Waals surface area contributed by atoms with E-state index in [1.54, 1.807) is 11.4 Å². The zero-order valence-electron chi connectivity index (χ0n) is 8.01. The number of thiophene rings is 1. The minimum Gasteiger partial charge on any atom is -0.465 e. The molecular weight excluding hydrogens is 240 g/mol. The topological polar surface area (TPSA) is 66.8 Å². The quantitative estimate of drug-likeness (QED) is 0.622. The molecule has 0 aliphatic carbocycles. The number of esters is 1. The predicted molar refractivity (Wildman–Crippen MR) is 57.3 cm³/mol. The zero-order valence-corrected chi connectivity index (χ0v) is 9.59. The lowest BCUT2D eigenvalue weighted by molar-refractivity contribution is 0.0312. The van der Waals surface area contributed by atoms with Gasteiger partial charge in [-0.2, -0.15) is 0 Å². The van der Waals surface area contributed by atoms with Crippen molar-refractivity contribution in [2.75, 3.05) is 13.0 Å². The van der Waals surface area contributed by atoms with E-state index in [0.717, 1.165) is 11.3 Å². The van der Waals surface area contributed by atoms with Crippen molar-refractivity contribution in [2.45, 2.75) is 12.2 Å². The van der Waals surface area contributed by atoms with Gasteiger partial charge in [-0.3, -0.25) is 0 Å². The molecule has 0 bridgehead atoms. The van der Waals surface area contributed by atoms with E-state index in [-0.39, 0.29) is 10.8 Å². The van der Waals surface area contributed by atoms with Gasteiger partial charge in [0, 0.05) is 5.56 Å². The molecule has 2 N–H and O–H groups in total. The number of carbonyl (C=O) groups excluding carboxylic acids is 1. The molecule has 0 aromatic carbocycles. The van der Waals surface area contributed by atoms with Gasteiger partial charge in [0.1, 0.15) is 11.0 Å². The molecule has 0 saturated heterocycles. The van der Waals surface area contributed by atoms with Crippen LogP contribution in [0.2, 0.25) is 0 Å². The van der Waals surface area contributed by atoms with Crippen LogP contribution < -0.4 is 0 Å². The average molecular weight is 251 g/mol.